The summed E-state index contributed by atoms with van der Waals surface area (Å²) in [6.45, 7) is 0.642. The second-order valence-corrected chi connectivity index (χ2v) is 5.21. The van der Waals surface area contributed by atoms with Gasteiger partial charge >= 0.3 is 12.1 Å². The monoisotopic (exact) mass is 338 g/mol. The first-order chi connectivity index (χ1) is 11.4. The van der Waals surface area contributed by atoms with Gasteiger partial charge in [-0.05, 0) is 23.3 Å². The number of alkyl halides is 3. The molecule has 0 aliphatic carbocycles. The molecule has 0 aliphatic heterocycles. The second kappa shape index (κ2) is 7.94. The summed E-state index contributed by atoms with van der Waals surface area (Å²) in [7, 11) is 0. The number of amides is 1. The smallest absolute Gasteiger partial charge is 0.387 e. The largest absolute Gasteiger partial charge is 0.471 e. The van der Waals surface area contributed by atoms with Gasteiger partial charge in [0.1, 0.15) is 0 Å². The van der Waals surface area contributed by atoms with E-state index in [4.69, 9.17) is 0 Å². The molecule has 1 amide bonds. The first kappa shape index (κ1) is 18.0. The predicted molar refractivity (Wildman–Crippen MR) is 84.2 cm³/mol. The molecule has 0 bridgehead atoms. The van der Waals surface area contributed by atoms with E-state index in [-0.39, 0.29) is 5.69 Å². The van der Waals surface area contributed by atoms with E-state index < -0.39 is 18.2 Å². The van der Waals surface area contributed by atoms with Crippen LogP contribution in [0.15, 0.2) is 54.6 Å². The molecular weight excluding hydrogens is 321 g/mol. The highest BCUT2D eigenvalue weighted by Gasteiger charge is 2.38. The Hall–Kier alpha value is -2.38. The number of nitrogens with one attached hydrogen (secondary N) is 2. The number of hydrogen-bond acceptors (Lipinski definition) is 3. The summed E-state index contributed by atoms with van der Waals surface area (Å²) < 4.78 is 36.7. The SMILES string of the molecule is O=C(Nc1cccc(CNCC(O)c2ccccc2)c1)C(F)(F)F. The van der Waals surface area contributed by atoms with Crippen LogP contribution in [0.2, 0.25) is 0 Å². The molecule has 2 aromatic rings. The average Bonchev–Trinajstić information content (AvgIpc) is 2.55. The van der Waals surface area contributed by atoms with Crippen molar-refractivity contribution < 1.29 is 23.1 Å². The Bertz CT molecular complexity index is 675. The van der Waals surface area contributed by atoms with E-state index in [2.05, 4.69) is 5.32 Å². The molecule has 3 N–H and O–H groups in total. The predicted octanol–water partition coefficient (Wildman–Crippen LogP) is 3.01. The van der Waals surface area contributed by atoms with E-state index in [9.17, 15) is 23.1 Å². The number of rotatable bonds is 6. The van der Waals surface area contributed by atoms with Crippen molar-refractivity contribution in [2.75, 3.05) is 11.9 Å². The van der Waals surface area contributed by atoms with Crippen molar-refractivity contribution in [3.05, 3.63) is 65.7 Å². The molecule has 0 saturated carbocycles. The van der Waals surface area contributed by atoms with Gasteiger partial charge in [0.05, 0.1) is 6.10 Å². The van der Waals surface area contributed by atoms with Gasteiger partial charge in [0, 0.05) is 18.8 Å². The third-order valence-corrected chi connectivity index (χ3v) is 3.29. The summed E-state index contributed by atoms with van der Waals surface area (Å²) in [5.41, 5.74) is 1.53. The lowest BCUT2D eigenvalue weighted by molar-refractivity contribution is -0.167. The van der Waals surface area contributed by atoms with Crippen LogP contribution in [0.4, 0.5) is 18.9 Å². The maximum Gasteiger partial charge on any atom is 0.471 e. The zero-order valence-electron chi connectivity index (χ0n) is 12.7. The van der Waals surface area contributed by atoms with Crippen molar-refractivity contribution in [1.29, 1.82) is 0 Å². The molecule has 0 radical (unpaired) electrons. The molecule has 7 heteroatoms. The van der Waals surface area contributed by atoms with Gasteiger partial charge in [0.2, 0.25) is 0 Å². The maximum absolute atomic E-state index is 12.2. The molecule has 0 aromatic heterocycles. The Kier molecular flexibility index (Phi) is 5.94. The van der Waals surface area contributed by atoms with Crippen LogP contribution < -0.4 is 10.6 Å². The van der Waals surface area contributed by atoms with Gasteiger partial charge in [-0.15, -0.1) is 0 Å². The van der Waals surface area contributed by atoms with E-state index in [1.54, 1.807) is 29.6 Å². The number of halogens is 3. The zero-order valence-corrected chi connectivity index (χ0v) is 12.7. The van der Waals surface area contributed by atoms with Crippen molar-refractivity contribution in [3.8, 4) is 0 Å². The highest BCUT2D eigenvalue weighted by molar-refractivity contribution is 5.94. The molecule has 2 rings (SSSR count). The van der Waals surface area contributed by atoms with Crippen LogP contribution >= 0.6 is 0 Å². The molecule has 24 heavy (non-hydrogen) atoms. The van der Waals surface area contributed by atoms with Crippen LogP contribution in [0, 0.1) is 0 Å². The Balaban J connectivity index is 1.87. The van der Waals surface area contributed by atoms with Crippen LogP contribution in [-0.2, 0) is 11.3 Å². The fraction of sp³-hybridized carbons (Fsp3) is 0.235. The fourth-order valence-electron chi connectivity index (χ4n) is 2.11. The molecule has 0 saturated heterocycles. The van der Waals surface area contributed by atoms with Crippen molar-refractivity contribution in [2.45, 2.75) is 18.8 Å². The topological polar surface area (TPSA) is 61.4 Å². The minimum atomic E-state index is -4.92. The van der Waals surface area contributed by atoms with Crippen molar-refractivity contribution in [3.63, 3.8) is 0 Å². The lowest BCUT2D eigenvalue weighted by Gasteiger charge is -2.13. The van der Waals surface area contributed by atoms with Gasteiger partial charge < -0.3 is 15.7 Å². The summed E-state index contributed by atoms with van der Waals surface area (Å²) in [6.07, 6.45) is -5.60. The third kappa shape index (κ3) is 5.36. The van der Waals surface area contributed by atoms with E-state index in [1.165, 1.54) is 12.1 Å². The number of aliphatic hydroxyl groups is 1. The minimum Gasteiger partial charge on any atom is -0.387 e. The van der Waals surface area contributed by atoms with Crippen LogP contribution in [-0.4, -0.2) is 23.7 Å². The van der Waals surface area contributed by atoms with Crippen LogP contribution in [0.25, 0.3) is 0 Å². The third-order valence-electron chi connectivity index (χ3n) is 3.29. The van der Waals surface area contributed by atoms with Crippen LogP contribution in [0.5, 0.6) is 0 Å². The van der Waals surface area contributed by atoms with Crippen LogP contribution in [0.1, 0.15) is 17.2 Å². The first-order valence-corrected chi connectivity index (χ1v) is 7.27. The normalized spacial score (nSPS) is 12.7. The Morgan fingerprint density at radius 1 is 1.08 bits per heavy atom. The molecule has 0 heterocycles. The van der Waals surface area contributed by atoms with Crippen molar-refractivity contribution >= 4 is 11.6 Å². The van der Waals surface area contributed by atoms with E-state index in [0.717, 1.165) is 5.56 Å². The number of aliphatic hydroxyl groups excluding tert-OH is 1. The van der Waals surface area contributed by atoms with Gasteiger partial charge in [0.25, 0.3) is 0 Å². The quantitative estimate of drug-likeness (QED) is 0.759. The molecule has 0 aliphatic rings. The summed E-state index contributed by atoms with van der Waals surface area (Å²) in [5.74, 6) is -2.01. The molecule has 4 nitrogen and oxygen atoms in total. The van der Waals surface area contributed by atoms with E-state index in [1.807, 2.05) is 18.2 Å². The molecule has 0 fully saturated rings. The number of carbonyl (C=O) groups excluding carboxylic acids is 1. The van der Waals surface area contributed by atoms with Crippen molar-refractivity contribution in [2.24, 2.45) is 0 Å². The van der Waals surface area contributed by atoms with Gasteiger partial charge in [-0.2, -0.15) is 13.2 Å². The maximum atomic E-state index is 12.2. The molecule has 1 atom stereocenters. The Morgan fingerprint density at radius 3 is 2.46 bits per heavy atom. The molecule has 1 unspecified atom stereocenters. The summed E-state index contributed by atoms with van der Waals surface area (Å²) >= 11 is 0. The lowest BCUT2D eigenvalue weighted by atomic mass is 10.1. The second-order valence-electron chi connectivity index (χ2n) is 5.21. The first-order valence-electron chi connectivity index (χ1n) is 7.27. The van der Waals surface area contributed by atoms with E-state index in [0.29, 0.717) is 18.7 Å². The highest BCUT2D eigenvalue weighted by Crippen LogP contribution is 2.19. The Labute approximate surface area is 137 Å². The minimum absolute atomic E-state index is 0.0697. The molecule has 0 spiro atoms. The standard InChI is InChI=1S/C17H17F3N2O2/c18-17(19,20)16(24)22-14-8-4-5-12(9-14)10-21-11-15(23)13-6-2-1-3-7-13/h1-9,15,21,23H,10-11H2,(H,22,24). The van der Waals surface area contributed by atoms with Gasteiger partial charge in [-0.3, -0.25) is 4.79 Å². The molecular formula is C17H17F3N2O2. The summed E-state index contributed by atoms with van der Waals surface area (Å²) in [5, 5.41) is 14.8. The Morgan fingerprint density at radius 2 is 1.79 bits per heavy atom. The summed E-state index contributed by atoms with van der Waals surface area (Å²) in [6, 6.07) is 15.2. The number of carbonyl (C=O) groups is 1. The molecule has 2 aromatic carbocycles. The molecule has 128 valence electrons. The van der Waals surface area contributed by atoms with E-state index >= 15 is 0 Å². The zero-order chi connectivity index (χ0) is 17.6. The number of hydrogen-bond donors (Lipinski definition) is 3. The lowest BCUT2D eigenvalue weighted by Crippen LogP contribution is -2.30. The highest BCUT2D eigenvalue weighted by atomic mass is 19.4. The van der Waals surface area contributed by atoms with Crippen molar-refractivity contribution in [1.82, 2.24) is 5.32 Å². The number of anilines is 1. The van der Waals surface area contributed by atoms with Gasteiger partial charge in [-0.25, -0.2) is 0 Å². The van der Waals surface area contributed by atoms with Gasteiger partial charge in [0.15, 0.2) is 0 Å². The van der Waals surface area contributed by atoms with Crippen LogP contribution in [0.3, 0.4) is 0 Å². The fourth-order valence-corrected chi connectivity index (χ4v) is 2.11. The number of benzene rings is 2. The van der Waals surface area contributed by atoms with Gasteiger partial charge in [-0.1, -0.05) is 42.5 Å². The average molecular weight is 338 g/mol. The summed E-state index contributed by atoms with van der Waals surface area (Å²) in [4.78, 5) is 10.9.